The van der Waals surface area contributed by atoms with Crippen molar-refractivity contribution in [1.82, 2.24) is 4.72 Å². The average Bonchev–Trinajstić information content (AvgIpc) is 2.08. The lowest BCUT2D eigenvalue weighted by atomic mass is 10.2. The van der Waals surface area contributed by atoms with E-state index >= 15 is 0 Å². The Morgan fingerprint density at radius 2 is 2.22 bits per heavy atom. The minimum absolute atomic E-state index is 0.101. The average molecular weight is 156 g/mol. The van der Waals surface area contributed by atoms with Gasteiger partial charge in [0.05, 0.1) is 5.92 Å². The molecule has 1 rings (SSSR count). The number of halogens is 3. The zero-order chi connectivity index (χ0) is 6.91. The van der Waals surface area contributed by atoms with E-state index < -0.39 is 12.1 Å². The largest absolute Gasteiger partial charge is 0.394 e. The molecule has 1 aliphatic rings. The molecular formula is C4H5F3NS. The summed E-state index contributed by atoms with van der Waals surface area (Å²) in [6.07, 6.45) is -4.06. The molecule has 1 N–H and O–H groups in total. The number of rotatable bonds is 0. The van der Waals surface area contributed by atoms with Crippen molar-refractivity contribution >= 4 is 11.9 Å². The van der Waals surface area contributed by atoms with Crippen molar-refractivity contribution in [3.05, 3.63) is 6.54 Å². The van der Waals surface area contributed by atoms with Gasteiger partial charge in [0.1, 0.15) is 0 Å². The summed E-state index contributed by atoms with van der Waals surface area (Å²) >= 11 is 1.08. The van der Waals surface area contributed by atoms with E-state index in [0.717, 1.165) is 18.5 Å². The van der Waals surface area contributed by atoms with Crippen LogP contribution in [0.1, 0.15) is 0 Å². The zero-order valence-electron chi connectivity index (χ0n) is 4.40. The SMILES string of the molecule is FC(F)(F)C1[CH]NSC1. The molecule has 1 atom stereocenters. The van der Waals surface area contributed by atoms with Crippen LogP contribution in [0.3, 0.4) is 0 Å². The molecule has 0 aliphatic carbocycles. The Hall–Kier alpha value is 0.100. The first-order chi connectivity index (χ1) is 4.11. The summed E-state index contributed by atoms with van der Waals surface area (Å²) in [6, 6.07) is 0. The van der Waals surface area contributed by atoms with E-state index in [2.05, 4.69) is 4.72 Å². The van der Waals surface area contributed by atoms with Crippen molar-refractivity contribution in [3.63, 3.8) is 0 Å². The van der Waals surface area contributed by atoms with Gasteiger partial charge in [-0.2, -0.15) is 13.2 Å². The predicted molar refractivity (Wildman–Crippen MR) is 29.4 cm³/mol. The molecule has 1 saturated heterocycles. The van der Waals surface area contributed by atoms with Crippen molar-refractivity contribution in [1.29, 1.82) is 0 Å². The molecule has 1 radical (unpaired) electrons. The zero-order valence-corrected chi connectivity index (χ0v) is 5.22. The van der Waals surface area contributed by atoms with Crippen molar-refractivity contribution in [2.24, 2.45) is 5.92 Å². The summed E-state index contributed by atoms with van der Waals surface area (Å²) in [5.74, 6) is -1.16. The number of nitrogens with one attached hydrogen (secondary N) is 1. The van der Waals surface area contributed by atoms with Gasteiger partial charge in [-0.1, -0.05) is 11.9 Å². The Morgan fingerprint density at radius 1 is 1.56 bits per heavy atom. The molecule has 0 aromatic rings. The Kier molecular flexibility index (Phi) is 1.91. The standard InChI is InChI=1S/C4H5F3NS/c5-4(6,7)3-1-8-9-2-3/h1,3,8H,2H2. The highest BCUT2D eigenvalue weighted by molar-refractivity contribution is 7.97. The topological polar surface area (TPSA) is 12.0 Å². The second-order valence-electron chi connectivity index (χ2n) is 1.74. The highest BCUT2D eigenvalue weighted by Crippen LogP contribution is 2.33. The number of hydrogen-bond acceptors (Lipinski definition) is 2. The van der Waals surface area contributed by atoms with Gasteiger partial charge < -0.3 is 0 Å². The van der Waals surface area contributed by atoms with Gasteiger partial charge in [0.2, 0.25) is 0 Å². The fourth-order valence-corrected chi connectivity index (χ4v) is 1.33. The molecule has 5 heteroatoms. The van der Waals surface area contributed by atoms with Crippen LogP contribution in [-0.4, -0.2) is 11.9 Å². The Morgan fingerprint density at radius 3 is 2.44 bits per heavy atom. The maximum Gasteiger partial charge on any atom is 0.394 e. The second-order valence-corrected chi connectivity index (χ2v) is 2.60. The summed E-state index contributed by atoms with van der Waals surface area (Å²) in [4.78, 5) is 0. The van der Waals surface area contributed by atoms with Crippen LogP contribution in [0.5, 0.6) is 0 Å². The molecule has 0 spiro atoms. The smallest absolute Gasteiger partial charge is 0.259 e. The van der Waals surface area contributed by atoms with E-state index in [-0.39, 0.29) is 5.75 Å². The Balaban J connectivity index is 2.42. The van der Waals surface area contributed by atoms with Gasteiger partial charge in [-0.05, 0) is 0 Å². The van der Waals surface area contributed by atoms with Crippen LogP contribution in [0, 0.1) is 12.5 Å². The van der Waals surface area contributed by atoms with E-state index in [1.54, 1.807) is 0 Å². The van der Waals surface area contributed by atoms with E-state index in [4.69, 9.17) is 0 Å². The van der Waals surface area contributed by atoms with Gasteiger partial charge in [0.15, 0.2) is 0 Å². The quantitative estimate of drug-likeness (QED) is 0.534. The first-order valence-corrected chi connectivity index (χ1v) is 3.36. The molecule has 0 aromatic heterocycles. The van der Waals surface area contributed by atoms with Gasteiger partial charge in [-0.25, -0.2) is 0 Å². The van der Waals surface area contributed by atoms with Gasteiger partial charge in [0.25, 0.3) is 0 Å². The Labute approximate surface area is 55.1 Å². The lowest BCUT2D eigenvalue weighted by Crippen LogP contribution is -2.23. The van der Waals surface area contributed by atoms with Crippen LogP contribution in [-0.2, 0) is 0 Å². The van der Waals surface area contributed by atoms with Gasteiger partial charge in [-0.15, -0.1) is 0 Å². The Bertz CT molecular complexity index is 96.5. The van der Waals surface area contributed by atoms with Crippen molar-refractivity contribution in [2.45, 2.75) is 6.18 Å². The van der Waals surface area contributed by atoms with Crippen LogP contribution < -0.4 is 4.72 Å². The van der Waals surface area contributed by atoms with Gasteiger partial charge in [-0.3, -0.25) is 4.72 Å². The van der Waals surface area contributed by atoms with Crippen molar-refractivity contribution < 1.29 is 13.2 Å². The second kappa shape index (κ2) is 2.38. The molecule has 1 aliphatic heterocycles. The highest BCUT2D eigenvalue weighted by atomic mass is 32.2. The molecule has 0 amide bonds. The van der Waals surface area contributed by atoms with Crippen molar-refractivity contribution in [2.75, 3.05) is 5.75 Å². The first-order valence-electron chi connectivity index (χ1n) is 2.38. The third-order valence-corrected chi connectivity index (χ3v) is 1.86. The third-order valence-electron chi connectivity index (χ3n) is 1.04. The molecule has 0 saturated carbocycles. The van der Waals surface area contributed by atoms with Crippen LogP contribution >= 0.6 is 11.9 Å². The van der Waals surface area contributed by atoms with E-state index in [1.807, 2.05) is 0 Å². The number of alkyl halides is 3. The fraction of sp³-hybridized carbons (Fsp3) is 0.750. The predicted octanol–water partition coefficient (Wildman–Crippen LogP) is 1.58. The summed E-state index contributed by atoms with van der Waals surface area (Å²) in [5, 5.41) is 0. The van der Waals surface area contributed by atoms with E-state index in [0.29, 0.717) is 0 Å². The minimum Gasteiger partial charge on any atom is -0.259 e. The summed E-state index contributed by atoms with van der Waals surface area (Å²) in [5.41, 5.74) is 0. The van der Waals surface area contributed by atoms with Crippen LogP contribution in [0.25, 0.3) is 0 Å². The fourth-order valence-electron chi connectivity index (χ4n) is 0.505. The van der Waals surface area contributed by atoms with Crippen LogP contribution in [0.15, 0.2) is 0 Å². The molecule has 1 fully saturated rings. The molecule has 9 heavy (non-hydrogen) atoms. The molecule has 0 bridgehead atoms. The summed E-state index contributed by atoms with van der Waals surface area (Å²) in [6.45, 7) is 1.07. The molecule has 0 aromatic carbocycles. The van der Waals surface area contributed by atoms with Gasteiger partial charge >= 0.3 is 6.18 Å². The lowest BCUT2D eigenvalue weighted by molar-refractivity contribution is -0.158. The third kappa shape index (κ3) is 1.76. The first kappa shape index (κ1) is 7.21. The summed E-state index contributed by atoms with van der Waals surface area (Å²) < 4.78 is 37.5. The van der Waals surface area contributed by atoms with Crippen LogP contribution in [0.4, 0.5) is 13.2 Å². The van der Waals surface area contributed by atoms with E-state index in [1.165, 1.54) is 0 Å². The van der Waals surface area contributed by atoms with E-state index in [9.17, 15) is 13.2 Å². The minimum atomic E-state index is -4.06. The molecule has 53 valence electrons. The number of hydrogen-bond donors (Lipinski definition) is 1. The summed E-state index contributed by atoms with van der Waals surface area (Å²) in [7, 11) is 0. The highest BCUT2D eigenvalue weighted by Gasteiger charge is 2.41. The normalized spacial score (nSPS) is 29.0. The lowest BCUT2D eigenvalue weighted by Gasteiger charge is -2.10. The van der Waals surface area contributed by atoms with Crippen molar-refractivity contribution in [3.8, 4) is 0 Å². The maximum absolute atomic E-state index is 11.7. The molecular weight excluding hydrogens is 151 g/mol. The molecule has 1 heterocycles. The molecule has 1 unspecified atom stereocenters. The maximum atomic E-state index is 11.7. The van der Waals surface area contributed by atoms with Crippen LogP contribution in [0.2, 0.25) is 0 Å². The monoisotopic (exact) mass is 156 g/mol. The van der Waals surface area contributed by atoms with Gasteiger partial charge in [0, 0.05) is 12.3 Å². The molecule has 1 nitrogen and oxygen atoms in total.